The molecule has 0 spiro atoms. The van der Waals surface area contributed by atoms with Crippen LogP contribution in [0.4, 0.5) is 5.69 Å². The van der Waals surface area contributed by atoms with Crippen LogP contribution in [0, 0.1) is 5.92 Å². The molecule has 0 aromatic heterocycles. The summed E-state index contributed by atoms with van der Waals surface area (Å²) in [5.74, 6) is 0.827. The number of amides is 1. The topological polar surface area (TPSA) is 46.3 Å². The molecular weight excluding hydrogens is 224 g/mol. The first-order valence-corrected chi connectivity index (χ1v) is 6.62. The van der Waals surface area contributed by atoms with E-state index in [-0.39, 0.29) is 17.9 Å². The van der Waals surface area contributed by atoms with Crippen LogP contribution >= 0.6 is 0 Å². The van der Waals surface area contributed by atoms with Crippen LogP contribution in [0.5, 0.6) is 0 Å². The van der Waals surface area contributed by atoms with Crippen LogP contribution in [-0.4, -0.2) is 19.0 Å². The van der Waals surface area contributed by atoms with Gasteiger partial charge in [0.2, 0.25) is 5.91 Å². The summed E-state index contributed by atoms with van der Waals surface area (Å²) >= 11 is 0. The molecule has 0 saturated heterocycles. The minimum atomic E-state index is 0.120. The van der Waals surface area contributed by atoms with Crippen molar-refractivity contribution in [2.45, 2.75) is 38.6 Å². The number of nitrogens with two attached hydrogens (primary N) is 1. The summed E-state index contributed by atoms with van der Waals surface area (Å²) in [6.07, 6.45) is 1.65. The van der Waals surface area contributed by atoms with E-state index in [0.29, 0.717) is 5.92 Å². The van der Waals surface area contributed by atoms with Gasteiger partial charge in [-0.15, -0.1) is 0 Å². The lowest BCUT2D eigenvalue weighted by molar-refractivity contribution is -0.124. The van der Waals surface area contributed by atoms with Crippen LogP contribution < -0.4 is 10.6 Å². The number of anilines is 1. The average Bonchev–Trinajstić information content (AvgIpc) is 2.33. The van der Waals surface area contributed by atoms with Crippen molar-refractivity contribution in [2.24, 2.45) is 11.7 Å². The number of hydrogen-bond acceptors (Lipinski definition) is 2. The maximum absolute atomic E-state index is 12.2. The number of carbonyl (C=O) groups is 1. The van der Waals surface area contributed by atoms with Crippen molar-refractivity contribution in [3.8, 4) is 0 Å². The first kappa shape index (κ1) is 13.1. The molecule has 0 aliphatic heterocycles. The molecule has 1 aliphatic carbocycles. The van der Waals surface area contributed by atoms with Gasteiger partial charge in [-0.25, -0.2) is 0 Å². The van der Waals surface area contributed by atoms with Gasteiger partial charge in [-0.05, 0) is 36.5 Å². The van der Waals surface area contributed by atoms with Gasteiger partial charge in [0.1, 0.15) is 0 Å². The van der Waals surface area contributed by atoms with Crippen molar-refractivity contribution < 1.29 is 4.79 Å². The predicted octanol–water partition coefficient (Wildman–Crippen LogP) is 2.51. The SMILES string of the molecule is CC(C)c1ccc(N(C)C(=O)C2CC(N)C2)cc1. The zero-order valence-corrected chi connectivity index (χ0v) is 11.4. The third-order valence-electron chi connectivity index (χ3n) is 3.80. The Balaban J connectivity index is 2.04. The van der Waals surface area contributed by atoms with Gasteiger partial charge in [-0.3, -0.25) is 4.79 Å². The van der Waals surface area contributed by atoms with Crippen LogP contribution in [0.3, 0.4) is 0 Å². The van der Waals surface area contributed by atoms with Gasteiger partial charge in [0.05, 0.1) is 0 Å². The Morgan fingerprint density at radius 2 is 1.83 bits per heavy atom. The lowest BCUT2D eigenvalue weighted by Crippen LogP contribution is -2.45. The van der Waals surface area contributed by atoms with Gasteiger partial charge in [-0.1, -0.05) is 26.0 Å². The summed E-state index contributed by atoms with van der Waals surface area (Å²) in [6.45, 7) is 4.33. The first-order chi connectivity index (χ1) is 8.49. The normalized spacial score (nSPS) is 22.7. The molecule has 2 rings (SSSR count). The van der Waals surface area contributed by atoms with Crippen molar-refractivity contribution >= 4 is 11.6 Å². The molecule has 98 valence electrons. The fourth-order valence-electron chi connectivity index (χ4n) is 2.35. The highest BCUT2D eigenvalue weighted by Gasteiger charge is 2.34. The van der Waals surface area contributed by atoms with E-state index in [0.717, 1.165) is 18.5 Å². The summed E-state index contributed by atoms with van der Waals surface area (Å²) in [6, 6.07) is 8.44. The maximum atomic E-state index is 12.2. The highest BCUT2D eigenvalue weighted by atomic mass is 16.2. The van der Waals surface area contributed by atoms with E-state index in [9.17, 15) is 4.79 Å². The van der Waals surface area contributed by atoms with Gasteiger partial charge >= 0.3 is 0 Å². The highest BCUT2D eigenvalue weighted by molar-refractivity contribution is 5.95. The van der Waals surface area contributed by atoms with Crippen LogP contribution in [0.15, 0.2) is 24.3 Å². The van der Waals surface area contributed by atoms with Crippen molar-refractivity contribution in [3.63, 3.8) is 0 Å². The summed E-state index contributed by atoms with van der Waals surface area (Å²) in [5.41, 5.74) is 7.99. The third-order valence-corrected chi connectivity index (χ3v) is 3.80. The number of benzene rings is 1. The molecule has 2 N–H and O–H groups in total. The van der Waals surface area contributed by atoms with E-state index in [1.807, 2.05) is 19.2 Å². The second kappa shape index (κ2) is 5.11. The van der Waals surface area contributed by atoms with Gasteiger partial charge in [0.15, 0.2) is 0 Å². The summed E-state index contributed by atoms with van der Waals surface area (Å²) in [4.78, 5) is 13.9. The van der Waals surface area contributed by atoms with E-state index < -0.39 is 0 Å². The second-order valence-electron chi connectivity index (χ2n) is 5.57. The molecule has 1 saturated carbocycles. The molecule has 1 amide bonds. The van der Waals surface area contributed by atoms with Crippen molar-refractivity contribution in [3.05, 3.63) is 29.8 Å². The van der Waals surface area contributed by atoms with Gasteiger partial charge < -0.3 is 10.6 Å². The number of rotatable bonds is 3. The molecule has 1 fully saturated rings. The van der Waals surface area contributed by atoms with Crippen molar-refractivity contribution in [2.75, 3.05) is 11.9 Å². The lowest BCUT2D eigenvalue weighted by atomic mass is 9.80. The molecule has 0 radical (unpaired) electrons. The summed E-state index contributed by atoms with van der Waals surface area (Å²) < 4.78 is 0. The standard InChI is InChI=1S/C15H22N2O/c1-10(2)11-4-6-14(7-5-11)17(3)15(18)12-8-13(16)9-12/h4-7,10,12-13H,8-9,16H2,1-3H3. The van der Waals surface area contributed by atoms with Gasteiger partial charge in [-0.2, -0.15) is 0 Å². The van der Waals surface area contributed by atoms with Gasteiger partial charge in [0, 0.05) is 24.7 Å². The second-order valence-corrected chi connectivity index (χ2v) is 5.57. The Morgan fingerprint density at radius 1 is 1.28 bits per heavy atom. The Morgan fingerprint density at radius 3 is 2.28 bits per heavy atom. The zero-order valence-electron chi connectivity index (χ0n) is 11.4. The Hall–Kier alpha value is -1.35. The van der Waals surface area contributed by atoms with E-state index in [4.69, 9.17) is 5.73 Å². The molecule has 1 aromatic rings. The van der Waals surface area contributed by atoms with Crippen LogP contribution in [0.2, 0.25) is 0 Å². The molecule has 18 heavy (non-hydrogen) atoms. The third kappa shape index (κ3) is 2.56. The molecule has 3 heteroatoms. The minimum absolute atomic E-state index is 0.120. The van der Waals surface area contributed by atoms with E-state index in [1.54, 1.807) is 4.90 Å². The van der Waals surface area contributed by atoms with Crippen molar-refractivity contribution in [1.29, 1.82) is 0 Å². The molecule has 0 bridgehead atoms. The van der Waals surface area contributed by atoms with Crippen molar-refractivity contribution in [1.82, 2.24) is 0 Å². The van der Waals surface area contributed by atoms with Gasteiger partial charge in [0.25, 0.3) is 0 Å². The Bertz CT molecular complexity index is 419. The highest BCUT2D eigenvalue weighted by Crippen LogP contribution is 2.29. The molecule has 0 atom stereocenters. The number of nitrogens with zero attached hydrogens (tertiary/aromatic N) is 1. The smallest absolute Gasteiger partial charge is 0.229 e. The molecule has 3 nitrogen and oxygen atoms in total. The zero-order chi connectivity index (χ0) is 13.3. The quantitative estimate of drug-likeness (QED) is 0.890. The van der Waals surface area contributed by atoms with E-state index in [1.165, 1.54) is 5.56 Å². The Labute approximate surface area is 109 Å². The molecule has 1 aliphatic rings. The van der Waals surface area contributed by atoms with E-state index in [2.05, 4.69) is 26.0 Å². The van der Waals surface area contributed by atoms with Crippen LogP contribution in [0.1, 0.15) is 38.2 Å². The fraction of sp³-hybridized carbons (Fsp3) is 0.533. The monoisotopic (exact) mass is 246 g/mol. The maximum Gasteiger partial charge on any atom is 0.229 e. The molecule has 0 unspecified atom stereocenters. The first-order valence-electron chi connectivity index (χ1n) is 6.62. The van der Waals surface area contributed by atoms with E-state index >= 15 is 0 Å². The van der Waals surface area contributed by atoms with Crippen LogP contribution in [0.25, 0.3) is 0 Å². The average molecular weight is 246 g/mol. The Kier molecular flexibility index (Phi) is 3.71. The molecular formula is C15H22N2O. The summed E-state index contributed by atoms with van der Waals surface area (Å²) in [5, 5.41) is 0. The lowest BCUT2D eigenvalue weighted by Gasteiger charge is -2.34. The fourth-order valence-corrected chi connectivity index (χ4v) is 2.35. The number of hydrogen-bond donors (Lipinski definition) is 1. The minimum Gasteiger partial charge on any atom is -0.328 e. The molecule has 1 aromatic carbocycles. The van der Waals surface area contributed by atoms with Crippen LogP contribution in [-0.2, 0) is 4.79 Å². The number of carbonyl (C=O) groups excluding carboxylic acids is 1. The predicted molar refractivity (Wildman–Crippen MR) is 74.6 cm³/mol. The largest absolute Gasteiger partial charge is 0.328 e. The summed E-state index contributed by atoms with van der Waals surface area (Å²) in [7, 11) is 1.84. The molecule has 0 heterocycles.